The first-order valence-electron chi connectivity index (χ1n) is 10.2. The number of hydrogen-bond acceptors (Lipinski definition) is 4. The van der Waals surface area contributed by atoms with Crippen LogP contribution in [0.15, 0.2) is 76.1 Å². The number of benzene rings is 3. The van der Waals surface area contributed by atoms with E-state index in [0.717, 1.165) is 10.9 Å². The number of anilines is 1. The molecule has 8 heteroatoms. The Balaban J connectivity index is 1.78. The molecule has 6 aromatic rings. The van der Waals surface area contributed by atoms with E-state index in [9.17, 15) is 4.79 Å². The summed E-state index contributed by atoms with van der Waals surface area (Å²) in [6.45, 7) is 0. The van der Waals surface area contributed by atoms with Crippen LogP contribution in [-0.2, 0) is 7.05 Å². The van der Waals surface area contributed by atoms with Gasteiger partial charge in [0.05, 0.1) is 16.8 Å². The second-order valence-corrected chi connectivity index (χ2v) is 8.78. The van der Waals surface area contributed by atoms with Gasteiger partial charge in [0.15, 0.2) is 5.58 Å². The van der Waals surface area contributed by atoms with Gasteiger partial charge < -0.3 is 10.2 Å². The molecule has 162 valence electrons. The van der Waals surface area contributed by atoms with Gasteiger partial charge in [-0.1, -0.05) is 29.3 Å². The summed E-state index contributed by atoms with van der Waals surface area (Å²) in [5.74, 6) is 0. The Hall–Kier alpha value is -3.74. The first-order chi connectivity index (χ1) is 15.9. The molecule has 33 heavy (non-hydrogen) atoms. The van der Waals surface area contributed by atoms with E-state index in [1.807, 2.05) is 31.4 Å². The third kappa shape index (κ3) is 3.03. The third-order valence-corrected chi connectivity index (χ3v) is 6.26. The minimum absolute atomic E-state index is 0.270. The maximum absolute atomic E-state index is 14.0. The van der Waals surface area contributed by atoms with E-state index in [1.54, 1.807) is 51.7 Å². The fraction of sp³-hybridized carbons (Fsp3) is 0.0400. The van der Waals surface area contributed by atoms with Gasteiger partial charge in [-0.25, -0.2) is 0 Å². The summed E-state index contributed by atoms with van der Waals surface area (Å²) in [6, 6.07) is 18.0. The number of nitrogens with zero attached hydrogens (tertiary/aromatic N) is 3. The summed E-state index contributed by atoms with van der Waals surface area (Å²) in [7, 11) is 1.85. The lowest BCUT2D eigenvalue weighted by molar-refractivity contribution is 0.668. The number of rotatable bonds is 2. The summed E-state index contributed by atoms with van der Waals surface area (Å²) < 4.78 is 9.48. The Morgan fingerprint density at radius 1 is 0.970 bits per heavy atom. The molecular formula is C25H16Cl2N4O2. The van der Waals surface area contributed by atoms with Crippen LogP contribution >= 0.6 is 23.2 Å². The van der Waals surface area contributed by atoms with Crippen LogP contribution in [0.5, 0.6) is 0 Å². The molecule has 2 N–H and O–H groups in total. The van der Waals surface area contributed by atoms with Crippen molar-refractivity contribution in [2.75, 3.05) is 5.73 Å². The Kier molecular flexibility index (Phi) is 4.30. The van der Waals surface area contributed by atoms with Crippen LogP contribution in [0.4, 0.5) is 5.69 Å². The molecule has 6 nitrogen and oxygen atoms in total. The van der Waals surface area contributed by atoms with E-state index < -0.39 is 0 Å². The number of aromatic nitrogens is 3. The van der Waals surface area contributed by atoms with Gasteiger partial charge in [-0.05, 0) is 60.2 Å². The minimum Gasteiger partial charge on any atom is -0.452 e. The summed E-state index contributed by atoms with van der Waals surface area (Å²) in [5.41, 5.74) is 10.7. The number of fused-ring (bicyclic) bond motifs is 4. The Bertz CT molecular complexity index is 1780. The standard InChI is InChI=1S/C25H16Cl2N4O2/c1-30-12-14-10-13(2-8-19(14)29-30)21-22(28)24-23(18-11-16(27)5-9-20(18)33-24)31(25(21)32)17-6-3-15(26)4-7-17/h2-12H,28H2,1H3. The second-order valence-electron chi connectivity index (χ2n) is 7.90. The van der Waals surface area contributed by atoms with Crippen molar-refractivity contribution in [1.82, 2.24) is 14.3 Å². The molecule has 0 saturated heterocycles. The molecule has 0 aliphatic heterocycles. The molecule has 0 aliphatic rings. The van der Waals surface area contributed by atoms with Gasteiger partial charge in [-0.15, -0.1) is 0 Å². The molecule has 0 fully saturated rings. The number of halogens is 2. The van der Waals surface area contributed by atoms with Crippen molar-refractivity contribution in [3.63, 3.8) is 0 Å². The number of pyridine rings is 1. The van der Waals surface area contributed by atoms with Gasteiger partial charge in [0, 0.05) is 39.7 Å². The zero-order valence-electron chi connectivity index (χ0n) is 17.3. The molecule has 0 bridgehead atoms. The number of aryl methyl sites for hydroxylation is 1. The van der Waals surface area contributed by atoms with Crippen molar-refractivity contribution < 1.29 is 4.42 Å². The number of nitrogens with two attached hydrogens (primary N) is 1. The quantitative estimate of drug-likeness (QED) is 0.324. The van der Waals surface area contributed by atoms with Crippen LogP contribution in [0.1, 0.15) is 0 Å². The van der Waals surface area contributed by atoms with E-state index in [4.69, 9.17) is 33.4 Å². The fourth-order valence-corrected chi connectivity index (χ4v) is 4.62. The highest BCUT2D eigenvalue weighted by atomic mass is 35.5. The molecule has 3 aromatic carbocycles. The fourth-order valence-electron chi connectivity index (χ4n) is 4.32. The van der Waals surface area contributed by atoms with Crippen LogP contribution in [0.2, 0.25) is 10.0 Å². The van der Waals surface area contributed by atoms with Gasteiger partial charge in [0.1, 0.15) is 11.1 Å². The molecule has 0 amide bonds. The Labute approximate surface area is 197 Å². The first-order valence-corrected chi connectivity index (χ1v) is 10.9. The monoisotopic (exact) mass is 474 g/mol. The van der Waals surface area contributed by atoms with Crippen LogP contribution in [0, 0.1) is 0 Å². The Morgan fingerprint density at radius 2 is 1.73 bits per heavy atom. The van der Waals surface area contributed by atoms with Crippen molar-refractivity contribution in [3.05, 3.63) is 87.3 Å². The largest absolute Gasteiger partial charge is 0.452 e. The van der Waals surface area contributed by atoms with Gasteiger partial charge in [-0.3, -0.25) is 14.0 Å². The van der Waals surface area contributed by atoms with Crippen molar-refractivity contribution in [1.29, 1.82) is 0 Å². The highest BCUT2D eigenvalue weighted by molar-refractivity contribution is 6.32. The highest BCUT2D eigenvalue weighted by Crippen LogP contribution is 2.38. The normalized spacial score (nSPS) is 11.7. The van der Waals surface area contributed by atoms with Crippen molar-refractivity contribution in [2.45, 2.75) is 0 Å². The molecule has 0 atom stereocenters. The van der Waals surface area contributed by atoms with E-state index in [-0.39, 0.29) is 11.2 Å². The lowest BCUT2D eigenvalue weighted by Crippen LogP contribution is -2.22. The molecule has 3 aromatic heterocycles. The van der Waals surface area contributed by atoms with E-state index in [1.165, 1.54) is 0 Å². The van der Waals surface area contributed by atoms with Crippen LogP contribution in [0.3, 0.4) is 0 Å². The Morgan fingerprint density at radius 3 is 2.52 bits per heavy atom. The summed E-state index contributed by atoms with van der Waals surface area (Å²) >= 11 is 12.4. The molecule has 0 saturated carbocycles. The molecule has 0 aliphatic carbocycles. The van der Waals surface area contributed by atoms with Gasteiger partial charge >= 0.3 is 0 Å². The van der Waals surface area contributed by atoms with Gasteiger partial charge in [0.25, 0.3) is 5.56 Å². The number of furan rings is 1. The van der Waals surface area contributed by atoms with Crippen LogP contribution in [0.25, 0.3) is 49.8 Å². The van der Waals surface area contributed by atoms with Crippen molar-refractivity contribution >= 4 is 61.9 Å². The van der Waals surface area contributed by atoms with Gasteiger partial charge in [-0.2, -0.15) is 5.10 Å². The van der Waals surface area contributed by atoms with E-state index in [0.29, 0.717) is 48.9 Å². The maximum Gasteiger partial charge on any atom is 0.265 e. The predicted octanol–water partition coefficient (Wildman–Crippen LogP) is 6.18. The topological polar surface area (TPSA) is 79.0 Å². The van der Waals surface area contributed by atoms with E-state index in [2.05, 4.69) is 5.10 Å². The first kappa shape index (κ1) is 19.9. The minimum atomic E-state index is -0.270. The molecule has 6 rings (SSSR count). The molecule has 3 heterocycles. The lowest BCUT2D eigenvalue weighted by Gasteiger charge is -2.13. The smallest absolute Gasteiger partial charge is 0.265 e. The number of hydrogen-bond donors (Lipinski definition) is 1. The molecular weight excluding hydrogens is 459 g/mol. The lowest BCUT2D eigenvalue weighted by atomic mass is 10.0. The third-order valence-electron chi connectivity index (χ3n) is 5.77. The van der Waals surface area contributed by atoms with Gasteiger partial charge in [0.2, 0.25) is 0 Å². The van der Waals surface area contributed by atoms with Crippen molar-refractivity contribution in [3.8, 4) is 16.8 Å². The summed E-state index contributed by atoms with van der Waals surface area (Å²) in [6.07, 6.45) is 1.90. The highest BCUT2D eigenvalue weighted by Gasteiger charge is 2.23. The summed E-state index contributed by atoms with van der Waals surface area (Å²) in [4.78, 5) is 14.0. The zero-order valence-corrected chi connectivity index (χ0v) is 18.9. The number of nitrogen functional groups attached to an aromatic ring is 1. The molecule has 0 spiro atoms. The van der Waals surface area contributed by atoms with E-state index >= 15 is 0 Å². The average molecular weight is 475 g/mol. The van der Waals surface area contributed by atoms with Crippen LogP contribution in [-0.4, -0.2) is 14.3 Å². The average Bonchev–Trinajstić information content (AvgIpc) is 3.34. The maximum atomic E-state index is 14.0. The SMILES string of the molecule is Cn1cc2cc(-c3c(N)c4oc5ccc(Cl)cc5c4n(-c4ccc(Cl)cc4)c3=O)ccc2n1. The molecule has 0 radical (unpaired) electrons. The van der Waals surface area contributed by atoms with Crippen molar-refractivity contribution in [2.24, 2.45) is 7.05 Å². The second kappa shape index (κ2) is 7.13. The zero-order chi connectivity index (χ0) is 22.9. The molecule has 0 unspecified atom stereocenters. The summed E-state index contributed by atoms with van der Waals surface area (Å²) in [5, 5.41) is 7.12. The predicted molar refractivity (Wildman–Crippen MR) is 133 cm³/mol. The van der Waals surface area contributed by atoms with Crippen LogP contribution < -0.4 is 11.3 Å².